The van der Waals surface area contributed by atoms with E-state index in [0.717, 1.165) is 12.8 Å². The minimum atomic E-state index is -0.277. The fraction of sp³-hybridized carbons (Fsp3) is 0.240. The molecule has 1 aliphatic heterocycles. The number of nitrogens with zero attached hydrogens (tertiary/aromatic N) is 3. The van der Waals surface area contributed by atoms with Gasteiger partial charge >= 0.3 is 0 Å². The number of aliphatic hydroxyl groups excluding tert-OH is 1. The van der Waals surface area contributed by atoms with Crippen molar-refractivity contribution in [2.24, 2.45) is 0 Å². The maximum atomic E-state index is 13.4. The molecule has 0 spiro atoms. The molecule has 0 bridgehead atoms. The van der Waals surface area contributed by atoms with Gasteiger partial charge in [-0.3, -0.25) is 14.6 Å². The summed E-state index contributed by atoms with van der Waals surface area (Å²) in [4.78, 5) is 41.5. The zero-order valence-corrected chi connectivity index (χ0v) is 18.8. The SMILES string of the molecule is O=C(Nc1ccncc1)c1ccc(C(=O)c2c[nH]c3ncnc(N[C@@H]4CC[C@@H](CO)OC4)c23)cc1. The number of carbonyl (C=O) groups excluding carboxylic acids is 2. The van der Waals surface area contributed by atoms with Gasteiger partial charge in [0.05, 0.1) is 36.3 Å². The number of aromatic amines is 1. The molecule has 0 aliphatic carbocycles. The number of rotatable bonds is 7. The second-order valence-electron chi connectivity index (χ2n) is 8.30. The molecule has 0 saturated carbocycles. The largest absolute Gasteiger partial charge is 0.394 e. The summed E-state index contributed by atoms with van der Waals surface area (Å²) in [5.41, 5.74) is 2.49. The fourth-order valence-corrected chi connectivity index (χ4v) is 4.08. The summed E-state index contributed by atoms with van der Waals surface area (Å²) in [6.07, 6.45) is 7.66. The van der Waals surface area contributed by atoms with Crippen LogP contribution in [0.15, 0.2) is 61.3 Å². The lowest BCUT2D eigenvalue weighted by atomic mass is 10.0. The molecule has 4 N–H and O–H groups in total. The van der Waals surface area contributed by atoms with Gasteiger partial charge in [0.2, 0.25) is 0 Å². The summed E-state index contributed by atoms with van der Waals surface area (Å²) in [5.74, 6) is 0.0553. The van der Waals surface area contributed by atoms with Gasteiger partial charge in [-0.05, 0) is 37.1 Å². The van der Waals surface area contributed by atoms with E-state index in [1.165, 1.54) is 6.33 Å². The zero-order valence-electron chi connectivity index (χ0n) is 18.8. The van der Waals surface area contributed by atoms with Crippen LogP contribution in [0.3, 0.4) is 0 Å². The van der Waals surface area contributed by atoms with Crippen molar-refractivity contribution in [2.75, 3.05) is 23.8 Å². The molecule has 1 amide bonds. The first-order valence-electron chi connectivity index (χ1n) is 11.3. The Hall–Kier alpha value is -4.15. The Morgan fingerprint density at radius 2 is 1.83 bits per heavy atom. The first-order valence-corrected chi connectivity index (χ1v) is 11.3. The first kappa shape index (κ1) is 22.6. The number of aromatic nitrogens is 4. The number of nitrogens with one attached hydrogen (secondary N) is 3. The quantitative estimate of drug-likeness (QED) is 0.301. The van der Waals surface area contributed by atoms with Gasteiger partial charge in [-0.2, -0.15) is 0 Å². The highest BCUT2D eigenvalue weighted by atomic mass is 16.5. The second-order valence-corrected chi connectivity index (χ2v) is 8.30. The maximum absolute atomic E-state index is 13.4. The molecule has 2 atom stereocenters. The summed E-state index contributed by atoms with van der Waals surface area (Å²) in [5, 5.41) is 16.0. The smallest absolute Gasteiger partial charge is 0.255 e. The summed E-state index contributed by atoms with van der Waals surface area (Å²) in [6, 6.07) is 9.89. The van der Waals surface area contributed by atoms with Gasteiger partial charge in [-0.15, -0.1) is 0 Å². The molecule has 0 radical (unpaired) electrons. The van der Waals surface area contributed by atoms with Crippen LogP contribution in [0, 0.1) is 0 Å². The van der Waals surface area contributed by atoms with Crippen molar-refractivity contribution in [1.29, 1.82) is 0 Å². The number of pyridine rings is 1. The average Bonchev–Trinajstić information content (AvgIpc) is 3.35. The Labute approximate surface area is 200 Å². The number of H-pyrrole nitrogens is 1. The molecule has 0 unspecified atom stereocenters. The van der Waals surface area contributed by atoms with Crippen LogP contribution < -0.4 is 10.6 Å². The minimum absolute atomic E-state index is 0.00508. The lowest BCUT2D eigenvalue weighted by Gasteiger charge is -2.29. The number of benzene rings is 1. The topological polar surface area (TPSA) is 142 Å². The first-order chi connectivity index (χ1) is 17.1. The number of aliphatic hydroxyl groups is 1. The molecule has 178 valence electrons. The molecule has 3 aromatic heterocycles. The van der Waals surface area contributed by atoms with Gasteiger partial charge in [0.25, 0.3) is 5.91 Å². The van der Waals surface area contributed by atoms with Crippen molar-refractivity contribution in [3.8, 4) is 0 Å². The van der Waals surface area contributed by atoms with Crippen molar-refractivity contribution in [3.05, 3.63) is 78.0 Å². The highest BCUT2D eigenvalue weighted by molar-refractivity contribution is 6.18. The van der Waals surface area contributed by atoms with E-state index >= 15 is 0 Å². The third-order valence-electron chi connectivity index (χ3n) is 5.98. The predicted molar refractivity (Wildman–Crippen MR) is 129 cm³/mol. The van der Waals surface area contributed by atoms with Gasteiger partial charge in [0.1, 0.15) is 17.8 Å². The van der Waals surface area contributed by atoms with E-state index in [1.54, 1.807) is 55.0 Å². The molecule has 10 nitrogen and oxygen atoms in total. The zero-order chi connectivity index (χ0) is 24.2. The van der Waals surface area contributed by atoms with Gasteiger partial charge < -0.3 is 25.5 Å². The van der Waals surface area contributed by atoms with Crippen LogP contribution in [-0.2, 0) is 4.74 Å². The molecule has 4 aromatic rings. The predicted octanol–water partition coefficient (Wildman–Crippen LogP) is 2.79. The van der Waals surface area contributed by atoms with Crippen molar-refractivity contribution >= 4 is 34.2 Å². The third-order valence-corrected chi connectivity index (χ3v) is 5.98. The normalized spacial score (nSPS) is 17.7. The highest BCUT2D eigenvalue weighted by Crippen LogP contribution is 2.27. The number of ether oxygens (including phenoxy) is 1. The Kier molecular flexibility index (Phi) is 6.47. The van der Waals surface area contributed by atoms with Crippen LogP contribution in [0.2, 0.25) is 0 Å². The van der Waals surface area contributed by atoms with E-state index < -0.39 is 0 Å². The molecule has 1 aliphatic rings. The number of anilines is 2. The Bertz CT molecular complexity index is 1330. The molecule has 1 saturated heterocycles. The van der Waals surface area contributed by atoms with E-state index in [9.17, 15) is 14.7 Å². The monoisotopic (exact) mass is 472 g/mol. The van der Waals surface area contributed by atoms with Crippen molar-refractivity contribution in [3.63, 3.8) is 0 Å². The molecule has 35 heavy (non-hydrogen) atoms. The van der Waals surface area contributed by atoms with Gasteiger partial charge in [0.15, 0.2) is 5.78 Å². The summed E-state index contributed by atoms with van der Waals surface area (Å²) in [7, 11) is 0. The van der Waals surface area contributed by atoms with Crippen LogP contribution in [0.25, 0.3) is 11.0 Å². The molecular formula is C25H24N6O4. The molecule has 1 aromatic carbocycles. The number of fused-ring (bicyclic) bond motifs is 1. The van der Waals surface area contributed by atoms with Crippen molar-refractivity contribution < 1.29 is 19.4 Å². The van der Waals surface area contributed by atoms with E-state index in [0.29, 0.717) is 45.8 Å². The summed E-state index contributed by atoms with van der Waals surface area (Å²) >= 11 is 0. The fourth-order valence-electron chi connectivity index (χ4n) is 4.08. The Morgan fingerprint density at radius 3 is 2.54 bits per heavy atom. The maximum Gasteiger partial charge on any atom is 0.255 e. The number of amides is 1. The van der Waals surface area contributed by atoms with Crippen LogP contribution in [0.1, 0.15) is 39.1 Å². The van der Waals surface area contributed by atoms with Gasteiger partial charge in [0, 0.05) is 35.4 Å². The summed E-state index contributed by atoms with van der Waals surface area (Å²) in [6.45, 7) is 0.443. The second kappa shape index (κ2) is 10.00. The van der Waals surface area contributed by atoms with Crippen LogP contribution >= 0.6 is 0 Å². The number of ketones is 1. The van der Waals surface area contributed by atoms with E-state index in [2.05, 4.69) is 30.6 Å². The van der Waals surface area contributed by atoms with Crippen molar-refractivity contribution in [2.45, 2.75) is 25.0 Å². The van der Waals surface area contributed by atoms with Crippen LogP contribution in [0.4, 0.5) is 11.5 Å². The van der Waals surface area contributed by atoms with Crippen LogP contribution in [0.5, 0.6) is 0 Å². The Morgan fingerprint density at radius 1 is 1.06 bits per heavy atom. The Balaban J connectivity index is 1.35. The minimum Gasteiger partial charge on any atom is -0.394 e. The third kappa shape index (κ3) is 4.88. The lowest BCUT2D eigenvalue weighted by molar-refractivity contribution is -0.0224. The highest BCUT2D eigenvalue weighted by Gasteiger charge is 2.24. The van der Waals surface area contributed by atoms with Gasteiger partial charge in [-0.1, -0.05) is 12.1 Å². The molecule has 4 heterocycles. The summed E-state index contributed by atoms with van der Waals surface area (Å²) < 4.78 is 5.65. The van der Waals surface area contributed by atoms with Gasteiger partial charge in [-0.25, -0.2) is 9.97 Å². The van der Waals surface area contributed by atoms with E-state index in [-0.39, 0.29) is 30.4 Å². The van der Waals surface area contributed by atoms with Crippen LogP contribution in [-0.4, -0.2) is 62.1 Å². The van der Waals surface area contributed by atoms with E-state index in [4.69, 9.17) is 4.74 Å². The molecule has 10 heteroatoms. The van der Waals surface area contributed by atoms with E-state index in [1.807, 2.05) is 0 Å². The number of carbonyl (C=O) groups is 2. The standard InChI is InChI=1S/C25H24N6O4/c32-12-19-6-5-18(13-35-19)30-24-21-20(11-27-23(21)28-14-29-24)22(33)15-1-3-16(4-2-15)25(34)31-17-7-9-26-10-8-17/h1-4,7-11,14,18-19,32H,5-6,12-13H2,(H,26,31,34)(H2,27,28,29,30)/t18-,19+/m1/s1. The van der Waals surface area contributed by atoms with Crippen molar-refractivity contribution in [1.82, 2.24) is 19.9 Å². The molecule has 5 rings (SSSR count). The number of hydrogen-bond donors (Lipinski definition) is 4. The molecule has 1 fully saturated rings. The molecular weight excluding hydrogens is 448 g/mol. The average molecular weight is 473 g/mol. The number of hydrogen-bond acceptors (Lipinski definition) is 8. The lowest BCUT2D eigenvalue weighted by Crippen LogP contribution is -2.36.